The molecule has 0 radical (unpaired) electrons. The number of rotatable bonds is 5. The predicted molar refractivity (Wildman–Crippen MR) is 98.4 cm³/mol. The molecule has 2 heterocycles. The van der Waals surface area contributed by atoms with Crippen LogP contribution >= 0.6 is 0 Å². The third-order valence-electron chi connectivity index (χ3n) is 6.03. The summed E-state index contributed by atoms with van der Waals surface area (Å²) in [6.07, 6.45) is 9.15. The van der Waals surface area contributed by atoms with Crippen molar-refractivity contribution in [2.45, 2.75) is 56.8 Å². The van der Waals surface area contributed by atoms with Gasteiger partial charge in [0.15, 0.2) is 0 Å². The summed E-state index contributed by atoms with van der Waals surface area (Å²) in [5, 5.41) is 8.91. The van der Waals surface area contributed by atoms with Gasteiger partial charge in [0.25, 0.3) is 0 Å². The Morgan fingerprint density at radius 3 is 2.62 bits per heavy atom. The van der Waals surface area contributed by atoms with Crippen LogP contribution in [-0.2, 0) is 16.6 Å². The lowest BCUT2D eigenvalue weighted by Crippen LogP contribution is -2.35. The highest BCUT2D eigenvalue weighted by Crippen LogP contribution is 2.44. The van der Waals surface area contributed by atoms with Gasteiger partial charge in [0.05, 0.1) is 12.5 Å². The van der Waals surface area contributed by atoms with Crippen molar-refractivity contribution >= 4 is 0 Å². The van der Waals surface area contributed by atoms with Gasteiger partial charge in [-0.3, -0.25) is 0 Å². The minimum atomic E-state index is -0.317. The van der Waals surface area contributed by atoms with E-state index < -0.39 is 0 Å². The van der Waals surface area contributed by atoms with Gasteiger partial charge in [-0.2, -0.15) is 0 Å². The van der Waals surface area contributed by atoms with E-state index in [1.54, 1.807) is 7.11 Å². The first-order chi connectivity index (χ1) is 12.8. The van der Waals surface area contributed by atoms with E-state index in [2.05, 4.69) is 16.3 Å². The molecule has 5 heteroatoms. The smallest absolute Gasteiger partial charge is 0.227 e. The molecule has 1 saturated carbocycles. The fraction of sp³-hybridized carbons (Fsp3) is 0.619. The highest BCUT2D eigenvalue weighted by atomic mass is 16.5. The van der Waals surface area contributed by atoms with E-state index in [1.807, 2.05) is 18.2 Å². The molecule has 0 unspecified atom stereocenters. The number of hydrogen-bond donors (Lipinski definition) is 0. The summed E-state index contributed by atoms with van der Waals surface area (Å²) in [5.41, 5.74) is 0.807. The molecule has 2 fully saturated rings. The van der Waals surface area contributed by atoms with Crippen LogP contribution in [0.15, 0.2) is 28.7 Å². The number of nitrogens with zero attached hydrogens (tertiary/aromatic N) is 2. The number of hydrogen-bond acceptors (Lipinski definition) is 5. The zero-order valence-electron chi connectivity index (χ0n) is 15.6. The molecule has 2 aliphatic rings. The minimum Gasteiger partial charge on any atom is -0.496 e. The number of aromatic nitrogens is 2. The molecule has 0 N–H and O–H groups in total. The summed E-state index contributed by atoms with van der Waals surface area (Å²) in [5.74, 6) is 3.07. The van der Waals surface area contributed by atoms with Crippen LogP contribution in [0.3, 0.4) is 0 Å². The van der Waals surface area contributed by atoms with Crippen molar-refractivity contribution in [1.29, 1.82) is 0 Å². The molecular weight excluding hydrogens is 328 g/mol. The van der Waals surface area contributed by atoms with Crippen molar-refractivity contribution in [2.75, 3.05) is 20.3 Å². The molecule has 1 aromatic heterocycles. The number of para-hydroxylation sites is 1. The first-order valence-corrected chi connectivity index (χ1v) is 9.86. The average molecular weight is 356 g/mol. The summed E-state index contributed by atoms with van der Waals surface area (Å²) >= 11 is 0. The van der Waals surface area contributed by atoms with E-state index in [1.165, 1.54) is 32.1 Å². The zero-order chi connectivity index (χ0) is 17.8. The number of ether oxygens (including phenoxy) is 2. The summed E-state index contributed by atoms with van der Waals surface area (Å²) < 4.78 is 17.5. The molecule has 140 valence electrons. The van der Waals surface area contributed by atoms with E-state index in [4.69, 9.17) is 13.9 Å². The van der Waals surface area contributed by atoms with Crippen molar-refractivity contribution < 1.29 is 13.9 Å². The Labute approximate surface area is 155 Å². The Hall–Kier alpha value is -1.88. The summed E-state index contributed by atoms with van der Waals surface area (Å²) in [6.45, 7) is 1.39. The van der Waals surface area contributed by atoms with Crippen molar-refractivity contribution in [3.05, 3.63) is 41.6 Å². The van der Waals surface area contributed by atoms with Crippen LogP contribution in [0.25, 0.3) is 0 Å². The van der Waals surface area contributed by atoms with E-state index in [0.29, 0.717) is 19.1 Å². The van der Waals surface area contributed by atoms with Crippen LogP contribution in [-0.4, -0.2) is 30.5 Å². The second-order valence-electron chi connectivity index (χ2n) is 7.60. The Balaban J connectivity index is 1.65. The molecular formula is C21H28N2O3. The minimum absolute atomic E-state index is 0.317. The van der Waals surface area contributed by atoms with Crippen LogP contribution in [0, 0.1) is 5.92 Å². The van der Waals surface area contributed by atoms with Crippen LogP contribution in [0.4, 0.5) is 0 Å². The summed E-state index contributed by atoms with van der Waals surface area (Å²) in [6, 6.07) is 8.17. The van der Waals surface area contributed by atoms with Crippen molar-refractivity contribution in [3.8, 4) is 5.75 Å². The molecule has 0 atom stereocenters. The highest BCUT2D eigenvalue weighted by molar-refractivity contribution is 5.43. The van der Waals surface area contributed by atoms with Crippen molar-refractivity contribution in [3.63, 3.8) is 0 Å². The monoisotopic (exact) mass is 356 g/mol. The van der Waals surface area contributed by atoms with Gasteiger partial charge in [0, 0.05) is 25.2 Å². The molecule has 1 aliphatic heterocycles. The third-order valence-corrected chi connectivity index (χ3v) is 6.03. The fourth-order valence-corrected chi connectivity index (χ4v) is 4.53. The molecule has 2 aromatic rings. The van der Waals surface area contributed by atoms with Gasteiger partial charge in [-0.1, -0.05) is 37.5 Å². The standard InChI is InChI=1S/C21H28N2O3/c1-24-18-10-6-5-9-17(18)21(11-13-25-14-12-21)20-23-22-19(26-20)15-16-7-3-2-4-8-16/h5-6,9-10,16H,2-4,7-8,11-15H2,1H3. The Morgan fingerprint density at radius 1 is 1.08 bits per heavy atom. The summed E-state index contributed by atoms with van der Waals surface area (Å²) in [4.78, 5) is 0. The lowest BCUT2D eigenvalue weighted by molar-refractivity contribution is 0.0531. The number of benzene rings is 1. The van der Waals surface area contributed by atoms with Gasteiger partial charge in [0.1, 0.15) is 5.75 Å². The molecule has 0 bridgehead atoms. The van der Waals surface area contributed by atoms with Gasteiger partial charge in [-0.15, -0.1) is 10.2 Å². The maximum Gasteiger partial charge on any atom is 0.227 e. The predicted octanol–water partition coefficient (Wildman–Crippen LogP) is 4.30. The van der Waals surface area contributed by atoms with Crippen LogP contribution < -0.4 is 4.74 Å². The molecule has 26 heavy (non-hydrogen) atoms. The quantitative estimate of drug-likeness (QED) is 0.799. The number of methoxy groups -OCH3 is 1. The van der Waals surface area contributed by atoms with E-state index in [9.17, 15) is 0 Å². The van der Waals surface area contributed by atoms with E-state index in [-0.39, 0.29) is 5.41 Å². The molecule has 5 nitrogen and oxygen atoms in total. The van der Waals surface area contributed by atoms with Gasteiger partial charge >= 0.3 is 0 Å². The second-order valence-corrected chi connectivity index (χ2v) is 7.60. The third kappa shape index (κ3) is 3.37. The van der Waals surface area contributed by atoms with E-state index >= 15 is 0 Å². The van der Waals surface area contributed by atoms with Crippen molar-refractivity contribution in [2.24, 2.45) is 5.92 Å². The molecule has 1 aliphatic carbocycles. The largest absolute Gasteiger partial charge is 0.496 e. The highest BCUT2D eigenvalue weighted by Gasteiger charge is 2.43. The van der Waals surface area contributed by atoms with Crippen molar-refractivity contribution in [1.82, 2.24) is 10.2 Å². The maximum absolute atomic E-state index is 6.25. The average Bonchev–Trinajstić information content (AvgIpc) is 3.18. The zero-order valence-corrected chi connectivity index (χ0v) is 15.6. The van der Waals surface area contributed by atoms with E-state index in [0.717, 1.165) is 42.4 Å². The first kappa shape index (κ1) is 17.5. The lowest BCUT2D eigenvalue weighted by atomic mass is 9.73. The molecule has 0 amide bonds. The lowest BCUT2D eigenvalue weighted by Gasteiger charge is -2.35. The Bertz CT molecular complexity index is 716. The van der Waals surface area contributed by atoms with Gasteiger partial charge in [0.2, 0.25) is 11.8 Å². The van der Waals surface area contributed by atoms with Gasteiger partial charge in [-0.05, 0) is 37.7 Å². The maximum atomic E-state index is 6.25. The normalized spacial score (nSPS) is 20.8. The molecule has 1 aromatic carbocycles. The Morgan fingerprint density at radius 2 is 1.85 bits per heavy atom. The van der Waals surface area contributed by atoms with Crippen LogP contribution in [0.2, 0.25) is 0 Å². The van der Waals surface area contributed by atoms with Gasteiger partial charge in [-0.25, -0.2) is 0 Å². The topological polar surface area (TPSA) is 57.4 Å². The van der Waals surface area contributed by atoms with Crippen LogP contribution in [0.1, 0.15) is 62.3 Å². The second kappa shape index (κ2) is 7.78. The summed E-state index contributed by atoms with van der Waals surface area (Å²) in [7, 11) is 1.72. The SMILES string of the molecule is COc1ccccc1C1(c2nnc(CC3CCCCC3)o2)CCOCC1. The molecule has 0 spiro atoms. The molecule has 4 rings (SSSR count). The van der Waals surface area contributed by atoms with Crippen LogP contribution in [0.5, 0.6) is 5.75 Å². The first-order valence-electron chi connectivity index (χ1n) is 9.86. The van der Waals surface area contributed by atoms with Gasteiger partial charge < -0.3 is 13.9 Å². The molecule has 1 saturated heterocycles. The fourth-order valence-electron chi connectivity index (χ4n) is 4.53. The Kier molecular flexibility index (Phi) is 5.25.